The highest BCUT2D eigenvalue weighted by Gasteiger charge is 2.35. The number of pyridine rings is 1. The lowest BCUT2D eigenvalue weighted by Crippen LogP contribution is -2.47. The first-order valence-corrected chi connectivity index (χ1v) is 24.8. The fraction of sp³-hybridized carbons (Fsp3) is 0.440. The van der Waals surface area contributed by atoms with Gasteiger partial charge in [-0.15, -0.1) is 0 Å². The van der Waals surface area contributed by atoms with Gasteiger partial charge in [0.25, 0.3) is 21.6 Å². The summed E-state index contributed by atoms with van der Waals surface area (Å²) in [5, 5.41) is 14.0. The third kappa shape index (κ3) is 10.2. The predicted octanol–water partition coefficient (Wildman–Crippen LogP) is 9.49. The van der Waals surface area contributed by atoms with Crippen LogP contribution in [0.15, 0.2) is 89.6 Å². The van der Waals surface area contributed by atoms with Crippen LogP contribution in [-0.4, -0.2) is 98.0 Å². The molecular weight excluding hydrogens is 878 g/mol. The van der Waals surface area contributed by atoms with Crippen LogP contribution in [0.5, 0.6) is 17.2 Å². The van der Waals surface area contributed by atoms with Gasteiger partial charge in [0.05, 0.1) is 33.7 Å². The number of allylic oxidation sites excluding steroid dienone is 1. The van der Waals surface area contributed by atoms with Crippen LogP contribution in [0.2, 0.25) is 5.02 Å². The molecule has 2 saturated heterocycles. The first-order chi connectivity index (χ1) is 31.5. The molecule has 5 heterocycles. The summed E-state index contributed by atoms with van der Waals surface area (Å²) in [6, 6.07) is 19.2. The molecule has 2 N–H and O–H groups in total. The minimum Gasteiger partial charge on any atom is -0.493 e. The van der Waals surface area contributed by atoms with Gasteiger partial charge in [0.1, 0.15) is 22.9 Å². The number of nitro groups is 1. The van der Waals surface area contributed by atoms with E-state index in [4.69, 9.17) is 21.1 Å². The van der Waals surface area contributed by atoms with Crippen molar-refractivity contribution in [3.63, 3.8) is 0 Å². The van der Waals surface area contributed by atoms with E-state index in [9.17, 15) is 23.3 Å². The van der Waals surface area contributed by atoms with E-state index >= 15 is 0 Å². The smallest absolute Gasteiger partial charge is 0.277 e. The lowest BCUT2D eigenvalue weighted by atomic mass is 9.72. The molecular formula is C50H58ClN7O7S. The van der Waals surface area contributed by atoms with Crippen LogP contribution in [0.4, 0.5) is 11.4 Å². The number of carbonyl (C=O) groups is 1. The number of rotatable bonds is 12. The zero-order chi connectivity index (χ0) is 46.4. The molecule has 0 unspecified atom stereocenters. The van der Waals surface area contributed by atoms with Crippen molar-refractivity contribution >= 4 is 55.5 Å². The number of likely N-dealkylation sites (tertiary alicyclic amines) is 1. The minimum atomic E-state index is -4.62. The largest absolute Gasteiger partial charge is 0.493 e. The number of anilines is 1. The zero-order valence-corrected chi connectivity index (χ0v) is 39.6. The maximum Gasteiger partial charge on any atom is 0.277 e. The number of fused-ring (bicyclic) bond motifs is 2. The van der Waals surface area contributed by atoms with E-state index in [1.165, 1.54) is 29.0 Å². The number of nitrogens with one attached hydrogen (secondary N) is 2. The fourth-order valence-electron chi connectivity index (χ4n) is 9.85. The third-order valence-corrected chi connectivity index (χ3v) is 15.5. The minimum absolute atomic E-state index is 0.0130. The van der Waals surface area contributed by atoms with Crippen molar-refractivity contribution in [2.75, 3.05) is 63.9 Å². The number of benzene rings is 3. The summed E-state index contributed by atoms with van der Waals surface area (Å²) in [5.41, 5.74) is 6.07. The number of hydrogen-bond donors (Lipinski definition) is 2. The molecule has 66 heavy (non-hydrogen) atoms. The number of hydrogen-bond acceptors (Lipinski definition) is 11. The van der Waals surface area contributed by atoms with Gasteiger partial charge in [-0.3, -0.25) is 19.8 Å². The SMILES string of the molecule is CC1(C)CCN(C[C@@H]2COc3cc(S(=O)(=O)NC(=O)c4ccc(N5CCN(CC6=C(c7ccc(Cl)cc7)CC(C)(C)CC6)CC5)cc4Oc4cnc5[nH]ccc5c4)cc([N+](=O)[O-])c3C2)CC1. The molecule has 1 atom stereocenters. The number of ether oxygens (including phenoxy) is 2. The first-order valence-electron chi connectivity index (χ1n) is 22.9. The number of sulfonamides is 1. The number of carbonyl (C=O) groups excluding carboxylic acids is 1. The number of aromatic nitrogens is 2. The first kappa shape index (κ1) is 45.7. The Morgan fingerprint density at radius 3 is 2.45 bits per heavy atom. The summed E-state index contributed by atoms with van der Waals surface area (Å²) >= 11 is 6.26. The van der Waals surface area contributed by atoms with Gasteiger partial charge in [-0.2, -0.15) is 0 Å². The number of H-pyrrole nitrogens is 1. The van der Waals surface area contributed by atoms with Gasteiger partial charge in [0.15, 0.2) is 0 Å². The molecule has 0 bridgehead atoms. The lowest BCUT2D eigenvalue weighted by molar-refractivity contribution is -0.386. The van der Waals surface area contributed by atoms with Crippen molar-refractivity contribution in [1.29, 1.82) is 0 Å². The molecule has 4 aliphatic rings. The van der Waals surface area contributed by atoms with E-state index in [1.807, 2.05) is 18.2 Å². The molecule has 2 aromatic heterocycles. The molecule has 5 aromatic rings. The Morgan fingerprint density at radius 2 is 1.71 bits per heavy atom. The highest BCUT2D eigenvalue weighted by Crippen LogP contribution is 2.44. The maximum atomic E-state index is 14.1. The second kappa shape index (κ2) is 18.3. The summed E-state index contributed by atoms with van der Waals surface area (Å²) in [6.07, 6.45) is 9.02. The lowest BCUT2D eigenvalue weighted by Gasteiger charge is -2.39. The molecule has 348 valence electrons. The summed E-state index contributed by atoms with van der Waals surface area (Å²) in [7, 11) is -4.62. The second-order valence-corrected chi connectivity index (χ2v) is 22.1. The van der Waals surface area contributed by atoms with Crippen molar-refractivity contribution < 1.29 is 27.6 Å². The van der Waals surface area contributed by atoms with Crippen LogP contribution in [0.25, 0.3) is 16.6 Å². The number of piperidine rings is 1. The number of piperazine rings is 1. The third-order valence-electron chi connectivity index (χ3n) is 13.9. The van der Waals surface area contributed by atoms with Crippen LogP contribution < -0.4 is 19.1 Å². The molecule has 14 nitrogen and oxygen atoms in total. The summed E-state index contributed by atoms with van der Waals surface area (Å²) < 4.78 is 42.5. The van der Waals surface area contributed by atoms with Crippen molar-refractivity contribution in [2.24, 2.45) is 16.7 Å². The van der Waals surface area contributed by atoms with Crippen LogP contribution >= 0.6 is 11.6 Å². The molecule has 1 aliphatic carbocycles. The van der Waals surface area contributed by atoms with Gasteiger partial charge in [-0.05, 0) is 110 Å². The van der Waals surface area contributed by atoms with E-state index < -0.39 is 25.7 Å². The molecule has 2 fully saturated rings. The topological polar surface area (TPSA) is 163 Å². The Bertz CT molecular complexity index is 2790. The van der Waals surface area contributed by atoms with Crippen LogP contribution in [0.1, 0.15) is 81.3 Å². The quantitative estimate of drug-likeness (QED) is 0.0905. The highest BCUT2D eigenvalue weighted by atomic mass is 35.5. The van der Waals surface area contributed by atoms with E-state index in [-0.39, 0.29) is 34.1 Å². The summed E-state index contributed by atoms with van der Waals surface area (Å²) in [4.78, 5) is 40.1. The fourth-order valence-corrected chi connectivity index (χ4v) is 11.0. The highest BCUT2D eigenvalue weighted by molar-refractivity contribution is 7.90. The molecule has 16 heteroatoms. The number of amides is 1. The number of nitro benzene ring substituents is 1. The van der Waals surface area contributed by atoms with Crippen LogP contribution in [-0.2, 0) is 16.4 Å². The van der Waals surface area contributed by atoms with Crippen molar-refractivity contribution in [3.8, 4) is 17.2 Å². The number of halogens is 1. The standard InChI is InChI=1S/C50H58ClN7O7S/c1-49(2)14-17-55(18-15-49)30-33-23-42-44(58(60)61)26-40(27-45(42)64-32-33)66(62,63)54-48(59)41-10-9-38(25-46(41)65-39-24-35-12-16-52-47(35)53-29-39)57-21-19-56(20-22-57)31-36-11-13-50(3,4)28-43(36)34-5-7-37(51)8-6-34/h5-10,12,16,24-27,29,33H,11,13-15,17-23,28,30-32H2,1-4H3,(H,52,53)(H,54,59)/t33-/m1/s1. The molecule has 1 amide bonds. The van der Waals surface area contributed by atoms with Gasteiger partial charge < -0.3 is 24.3 Å². The molecule has 0 saturated carbocycles. The van der Waals surface area contributed by atoms with Gasteiger partial charge >= 0.3 is 0 Å². The molecule has 3 aliphatic heterocycles. The molecule has 0 radical (unpaired) electrons. The summed E-state index contributed by atoms with van der Waals surface area (Å²) in [6.45, 7) is 16.1. The monoisotopic (exact) mass is 935 g/mol. The Kier molecular flexibility index (Phi) is 12.7. The van der Waals surface area contributed by atoms with E-state index in [0.29, 0.717) is 35.4 Å². The average molecular weight is 937 g/mol. The van der Waals surface area contributed by atoms with Crippen molar-refractivity contribution in [1.82, 2.24) is 24.5 Å². The maximum absolute atomic E-state index is 14.1. The number of aromatic amines is 1. The van der Waals surface area contributed by atoms with Crippen molar-refractivity contribution in [3.05, 3.63) is 117 Å². The number of nitrogens with zero attached hydrogens (tertiary/aromatic N) is 5. The normalized spacial score (nSPS) is 20.1. The van der Waals surface area contributed by atoms with Crippen LogP contribution in [0.3, 0.4) is 0 Å². The van der Waals surface area contributed by atoms with Gasteiger partial charge in [-0.1, -0.05) is 57.0 Å². The van der Waals surface area contributed by atoms with Gasteiger partial charge in [0.2, 0.25) is 0 Å². The zero-order valence-electron chi connectivity index (χ0n) is 38.1. The van der Waals surface area contributed by atoms with E-state index in [2.05, 4.69) is 69.2 Å². The average Bonchev–Trinajstić information content (AvgIpc) is 3.76. The van der Waals surface area contributed by atoms with Gasteiger partial charge in [0, 0.05) is 85.7 Å². The molecule has 0 spiro atoms. The predicted molar refractivity (Wildman–Crippen MR) is 257 cm³/mol. The Balaban J connectivity index is 0.929. The van der Waals surface area contributed by atoms with Crippen molar-refractivity contribution in [2.45, 2.75) is 71.1 Å². The second-order valence-electron chi connectivity index (χ2n) is 20.0. The van der Waals surface area contributed by atoms with Gasteiger partial charge in [-0.25, -0.2) is 18.1 Å². The Morgan fingerprint density at radius 1 is 0.955 bits per heavy atom. The molecule has 3 aromatic carbocycles. The Hall–Kier alpha value is -5.48. The Labute approximate surface area is 391 Å². The molecule has 9 rings (SSSR count). The summed E-state index contributed by atoms with van der Waals surface area (Å²) in [5.74, 6) is -0.325. The van der Waals surface area contributed by atoms with E-state index in [0.717, 1.165) is 107 Å². The van der Waals surface area contributed by atoms with Crippen LogP contribution in [0, 0.1) is 26.9 Å². The van der Waals surface area contributed by atoms with E-state index in [1.54, 1.807) is 30.5 Å².